The largest absolute Gasteiger partial charge is 0.326 e. The van der Waals surface area contributed by atoms with Crippen molar-refractivity contribution in [3.63, 3.8) is 0 Å². The summed E-state index contributed by atoms with van der Waals surface area (Å²) >= 11 is 1.69. The SMILES string of the molecule is O=C(Cc1nnn(-c2ccncc2)c1-c1ccccc1)Nc1ccc(-c2cccs2)cc1. The Hall–Kier alpha value is -4.10. The van der Waals surface area contributed by atoms with E-state index in [1.165, 1.54) is 4.88 Å². The Balaban J connectivity index is 1.39. The maximum atomic E-state index is 12.8. The van der Waals surface area contributed by atoms with Gasteiger partial charge in [0.15, 0.2) is 0 Å². The number of pyridine rings is 1. The van der Waals surface area contributed by atoms with E-state index in [4.69, 9.17) is 0 Å². The molecular weight excluding hydrogens is 418 g/mol. The Morgan fingerprint density at radius 3 is 2.38 bits per heavy atom. The van der Waals surface area contributed by atoms with E-state index >= 15 is 0 Å². The third-order valence-corrected chi connectivity index (χ3v) is 5.92. The van der Waals surface area contributed by atoms with Crippen LogP contribution >= 0.6 is 11.3 Å². The van der Waals surface area contributed by atoms with E-state index in [9.17, 15) is 4.79 Å². The van der Waals surface area contributed by atoms with Gasteiger partial charge in [-0.2, -0.15) is 0 Å². The van der Waals surface area contributed by atoms with Gasteiger partial charge >= 0.3 is 0 Å². The molecule has 2 aromatic carbocycles. The van der Waals surface area contributed by atoms with E-state index in [1.807, 2.05) is 72.8 Å². The second kappa shape index (κ2) is 8.95. The number of aromatic nitrogens is 4. The molecule has 0 aliphatic heterocycles. The van der Waals surface area contributed by atoms with Crippen LogP contribution in [-0.4, -0.2) is 25.9 Å². The van der Waals surface area contributed by atoms with Gasteiger partial charge in [-0.15, -0.1) is 16.4 Å². The number of carbonyl (C=O) groups excluding carboxylic acids is 1. The van der Waals surface area contributed by atoms with Gasteiger partial charge in [-0.3, -0.25) is 9.78 Å². The number of carbonyl (C=O) groups is 1. The first-order chi connectivity index (χ1) is 15.8. The molecule has 0 saturated carbocycles. The van der Waals surface area contributed by atoms with E-state index in [0.717, 1.165) is 28.2 Å². The van der Waals surface area contributed by atoms with Crippen LogP contribution in [0, 0.1) is 0 Å². The fraction of sp³-hybridized carbons (Fsp3) is 0.0400. The average molecular weight is 438 g/mol. The minimum Gasteiger partial charge on any atom is -0.326 e. The van der Waals surface area contributed by atoms with Gasteiger partial charge in [0.2, 0.25) is 5.91 Å². The van der Waals surface area contributed by atoms with Gasteiger partial charge in [0, 0.05) is 28.5 Å². The molecule has 0 fully saturated rings. The summed E-state index contributed by atoms with van der Waals surface area (Å²) in [4.78, 5) is 18.1. The smallest absolute Gasteiger partial charge is 0.230 e. The first-order valence-corrected chi connectivity index (χ1v) is 11.0. The summed E-state index contributed by atoms with van der Waals surface area (Å²) < 4.78 is 1.75. The Kier molecular flexibility index (Phi) is 5.55. The molecule has 5 rings (SSSR count). The van der Waals surface area contributed by atoms with Crippen LogP contribution in [0.1, 0.15) is 5.69 Å². The monoisotopic (exact) mass is 437 g/mol. The van der Waals surface area contributed by atoms with Crippen molar-refractivity contribution in [2.75, 3.05) is 5.32 Å². The third-order valence-electron chi connectivity index (χ3n) is 5.00. The number of hydrogen-bond donors (Lipinski definition) is 1. The van der Waals surface area contributed by atoms with Crippen LogP contribution in [0.2, 0.25) is 0 Å². The lowest BCUT2D eigenvalue weighted by Gasteiger charge is -2.09. The lowest BCUT2D eigenvalue weighted by Crippen LogP contribution is -2.15. The summed E-state index contributed by atoms with van der Waals surface area (Å²) in [5.74, 6) is -0.146. The van der Waals surface area contributed by atoms with E-state index in [2.05, 4.69) is 32.1 Å². The molecule has 156 valence electrons. The summed E-state index contributed by atoms with van der Waals surface area (Å²) in [6.07, 6.45) is 3.53. The Morgan fingerprint density at radius 2 is 1.66 bits per heavy atom. The van der Waals surface area contributed by atoms with Crippen molar-refractivity contribution in [2.45, 2.75) is 6.42 Å². The summed E-state index contributed by atoms with van der Waals surface area (Å²) in [6, 6.07) is 25.5. The zero-order valence-corrected chi connectivity index (χ0v) is 17.9. The first-order valence-electron chi connectivity index (χ1n) is 10.1. The lowest BCUT2D eigenvalue weighted by molar-refractivity contribution is -0.115. The second-order valence-electron chi connectivity index (χ2n) is 7.15. The molecule has 3 aromatic heterocycles. The van der Waals surface area contributed by atoms with E-state index in [-0.39, 0.29) is 12.3 Å². The van der Waals surface area contributed by atoms with E-state index < -0.39 is 0 Å². The van der Waals surface area contributed by atoms with Gasteiger partial charge in [0.1, 0.15) is 5.69 Å². The molecule has 0 spiro atoms. The second-order valence-corrected chi connectivity index (χ2v) is 8.10. The van der Waals surface area contributed by atoms with Crippen LogP contribution in [-0.2, 0) is 11.2 Å². The van der Waals surface area contributed by atoms with Gasteiger partial charge in [-0.25, -0.2) is 4.68 Å². The van der Waals surface area contributed by atoms with Gasteiger partial charge in [-0.1, -0.05) is 53.7 Å². The molecule has 0 saturated heterocycles. The first kappa shape index (κ1) is 19.8. The Labute approximate surface area is 189 Å². The van der Waals surface area contributed by atoms with Gasteiger partial charge in [0.05, 0.1) is 17.8 Å². The van der Waals surface area contributed by atoms with E-state index in [1.54, 1.807) is 28.4 Å². The highest BCUT2D eigenvalue weighted by Gasteiger charge is 2.19. The van der Waals surface area contributed by atoms with Crippen LogP contribution in [0.3, 0.4) is 0 Å². The number of nitrogens with one attached hydrogen (secondary N) is 1. The van der Waals surface area contributed by atoms with Crippen LogP contribution in [0.15, 0.2) is 96.6 Å². The zero-order chi connectivity index (χ0) is 21.8. The standard InChI is InChI=1S/C25H19N5OS/c31-24(27-20-10-8-18(9-11-20)23-7-4-16-32-23)17-22-25(19-5-2-1-3-6-19)30(29-28-22)21-12-14-26-15-13-21/h1-16H,17H2,(H,27,31). The number of thiophene rings is 1. The summed E-state index contributed by atoms with van der Waals surface area (Å²) in [6.45, 7) is 0. The van der Waals surface area contributed by atoms with Crippen molar-refractivity contribution < 1.29 is 4.79 Å². The Morgan fingerprint density at radius 1 is 0.875 bits per heavy atom. The predicted molar refractivity (Wildman–Crippen MR) is 127 cm³/mol. The molecule has 32 heavy (non-hydrogen) atoms. The number of amides is 1. The van der Waals surface area contributed by atoms with Crippen LogP contribution in [0.5, 0.6) is 0 Å². The minimum absolute atomic E-state index is 0.113. The number of benzene rings is 2. The molecule has 0 radical (unpaired) electrons. The minimum atomic E-state index is -0.146. The highest BCUT2D eigenvalue weighted by molar-refractivity contribution is 7.13. The fourth-order valence-electron chi connectivity index (χ4n) is 3.50. The van der Waals surface area contributed by atoms with Crippen LogP contribution in [0.4, 0.5) is 5.69 Å². The molecule has 0 bridgehead atoms. The molecule has 1 N–H and O–H groups in total. The van der Waals surface area contributed by atoms with Gasteiger partial charge in [0.25, 0.3) is 0 Å². The number of hydrogen-bond acceptors (Lipinski definition) is 5. The highest BCUT2D eigenvalue weighted by Crippen LogP contribution is 2.27. The molecule has 0 aliphatic rings. The predicted octanol–water partition coefficient (Wildman–Crippen LogP) is 5.24. The molecule has 1 amide bonds. The molecule has 3 heterocycles. The summed E-state index contributed by atoms with van der Waals surface area (Å²) in [5.41, 5.74) is 5.06. The maximum absolute atomic E-state index is 12.8. The third kappa shape index (κ3) is 4.19. The summed E-state index contributed by atoms with van der Waals surface area (Å²) in [7, 11) is 0. The molecule has 6 nitrogen and oxygen atoms in total. The molecular formula is C25H19N5OS. The molecule has 0 atom stereocenters. The van der Waals surface area contributed by atoms with Crippen molar-refractivity contribution in [1.29, 1.82) is 0 Å². The fourth-order valence-corrected chi connectivity index (χ4v) is 4.23. The van der Waals surface area contributed by atoms with Crippen molar-refractivity contribution in [1.82, 2.24) is 20.0 Å². The van der Waals surface area contributed by atoms with Crippen molar-refractivity contribution in [3.8, 4) is 27.4 Å². The summed E-state index contributed by atoms with van der Waals surface area (Å²) in [5, 5.41) is 13.7. The van der Waals surface area contributed by atoms with Crippen LogP contribution in [0.25, 0.3) is 27.4 Å². The number of anilines is 1. The van der Waals surface area contributed by atoms with Crippen LogP contribution < -0.4 is 5.32 Å². The Bertz CT molecular complexity index is 1310. The van der Waals surface area contributed by atoms with Crippen molar-refractivity contribution in [2.24, 2.45) is 0 Å². The number of rotatable bonds is 6. The quantitative estimate of drug-likeness (QED) is 0.394. The van der Waals surface area contributed by atoms with Crippen molar-refractivity contribution >= 4 is 22.9 Å². The highest BCUT2D eigenvalue weighted by atomic mass is 32.1. The molecule has 0 aliphatic carbocycles. The average Bonchev–Trinajstić information content (AvgIpc) is 3.51. The number of nitrogens with zero attached hydrogens (tertiary/aromatic N) is 4. The molecule has 7 heteroatoms. The molecule has 5 aromatic rings. The lowest BCUT2D eigenvalue weighted by atomic mass is 10.1. The maximum Gasteiger partial charge on any atom is 0.230 e. The van der Waals surface area contributed by atoms with Crippen molar-refractivity contribution in [3.05, 3.63) is 102 Å². The van der Waals surface area contributed by atoms with E-state index in [0.29, 0.717) is 5.69 Å². The van der Waals surface area contributed by atoms with Gasteiger partial charge < -0.3 is 5.32 Å². The molecule has 0 unspecified atom stereocenters. The normalized spacial score (nSPS) is 10.8. The topological polar surface area (TPSA) is 72.7 Å². The van der Waals surface area contributed by atoms with Gasteiger partial charge in [-0.05, 0) is 41.3 Å². The zero-order valence-electron chi connectivity index (χ0n) is 17.1.